The van der Waals surface area contributed by atoms with Crippen LogP contribution in [0.4, 0.5) is 5.69 Å². The Morgan fingerprint density at radius 2 is 1.88 bits per heavy atom. The number of anilines is 1. The maximum absolute atomic E-state index is 14.0. The molecule has 2 aromatic carbocycles. The molecule has 0 unspecified atom stereocenters. The Morgan fingerprint density at radius 3 is 2.54 bits per heavy atom. The monoisotopic (exact) mass is 641 g/mol. The quantitative estimate of drug-likeness (QED) is 0.346. The summed E-state index contributed by atoms with van der Waals surface area (Å²) < 4.78 is 25.0. The third kappa shape index (κ3) is 5.84. The second kappa shape index (κ2) is 12.6. The number of nitrogens with zero attached hydrogens (tertiary/aromatic N) is 3. The lowest BCUT2D eigenvalue weighted by atomic mass is 9.95. The number of carbonyl (C=O) groups excluding carboxylic acids is 1. The molecule has 5 rings (SSSR count). The Kier molecular flexibility index (Phi) is 8.96. The maximum atomic E-state index is 14.0. The maximum Gasteiger partial charge on any atom is 0.338 e. The van der Waals surface area contributed by atoms with Gasteiger partial charge in [-0.1, -0.05) is 39.4 Å². The number of rotatable bonds is 8. The van der Waals surface area contributed by atoms with E-state index in [-0.39, 0.29) is 12.2 Å². The van der Waals surface area contributed by atoms with Crippen LogP contribution in [0.2, 0.25) is 0 Å². The van der Waals surface area contributed by atoms with Crippen molar-refractivity contribution in [3.63, 3.8) is 0 Å². The van der Waals surface area contributed by atoms with E-state index < -0.39 is 12.0 Å². The highest BCUT2D eigenvalue weighted by Gasteiger charge is 2.35. The van der Waals surface area contributed by atoms with Gasteiger partial charge in [0, 0.05) is 23.2 Å². The molecule has 41 heavy (non-hydrogen) atoms. The summed E-state index contributed by atoms with van der Waals surface area (Å²) in [5, 5.41) is 0. The van der Waals surface area contributed by atoms with E-state index in [2.05, 4.69) is 38.0 Å². The van der Waals surface area contributed by atoms with E-state index in [1.165, 1.54) is 11.3 Å². The molecule has 0 amide bonds. The van der Waals surface area contributed by atoms with Crippen LogP contribution in [-0.4, -0.2) is 57.2 Å². The Bertz CT molecular complexity index is 1650. The number of halogens is 1. The first-order valence-corrected chi connectivity index (χ1v) is 15.1. The number of hydrogen-bond acceptors (Lipinski definition) is 9. The minimum Gasteiger partial charge on any atom is -0.493 e. The molecule has 0 bridgehead atoms. The van der Waals surface area contributed by atoms with Crippen LogP contribution in [0, 0.1) is 0 Å². The van der Waals surface area contributed by atoms with E-state index in [0.717, 1.165) is 24.3 Å². The predicted molar refractivity (Wildman–Crippen MR) is 162 cm³/mol. The number of thiazole rings is 1. The molecule has 216 valence electrons. The smallest absolute Gasteiger partial charge is 0.338 e. The van der Waals surface area contributed by atoms with Gasteiger partial charge < -0.3 is 23.8 Å². The van der Waals surface area contributed by atoms with Gasteiger partial charge in [-0.05, 0) is 62.2 Å². The molecular formula is C30H32BrN3O6S. The minimum atomic E-state index is -0.782. The average molecular weight is 643 g/mol. The number of methoxy groups -OCH3 is 1. The van der Waals surface area contributed by atoms with Crippen molar-refractivity contribution in [2.24, 2.45) is 4.99 Å². The molecule has 0 saturated carbocycles. The molecule has 0 aliphatic carbocycles. The average Bonchev–Trinajstić information content (AvgIpc) is 3.28. The fraction of sp³-hybridized carbons (Fsp3) is 0.367. The Hall–Kier alpha value is -3.41. The molecule has 3 aromatic rings. The fourth-order valence-corrected chi connectivity index (χ4v) is 6.61. The highest BCUT2D eigenvalue weighted by atomic mass is 79.9. The molecule has 2 aliphatic rings. The Morgan fingerprint density at radius 1 is 1.15 bits per heavy atom. The van der Waals surface area contributed by atoms with Gasteiger partial charge in [-0.2, -0.15) is 0 Å². The molecule has 0 radical (unpaired) electrons. The summed E-state index contributed by atoms with van der Waals surface area (Å²) in [5.41, 5.74) is 3.23. The van der Waals surface area contributed by atoms with Crippen molar-refractivity contribution >= 4 is 45.0 Å². The van der Waals surface area contributed by atoms with Gasteiger partial charge >= 0.3 is 5.97 Å². The summed E-state index contributed by atoms with van der Waals surface area (Å²) in [6.45, 7) is 9.15. The van der Waals surface area contributed by atoms with Crippen molar-refractivity contribution in [3.8, 4) is 11.5 Å². The van der Waals surface area contributed by atoms with Gasteiger partial charge in [-0.25, -0.2) is 9.79 Å². The molecule has 0 N–H and O–H groups in total. The Balaban J connectivity index is 1.64. The summed E-state index contributed by atoms with van der Waals surface area (Å²) >= 11 is 4.94. The third-order valence-electron chi connectivity index (χ3n) is 6.96. The number of allylic oxidation sites excluding steroid dienone is 1. The zero-order valence-corrected chi connectivity index (χ0v) is 25.8. The number of hydrogen-bond donors (Lipinski definition) is 0. The van der Waals surface area contributed by atoms with Crippen LogP contribution in [0.25, 0.3) is 6.08 Å². The van der Waals surface area contributed by atoms with Crippen molar-refractivity contribution < 1.29 is 23.7 Å². The molecular weight excluding hydrogens is 610 g/mol. The van der Waals surface area contributed by atoms with E-state index in [4.69, 9.17) is 18.9 Å². The van der Waals surface area contributed by atoms with Crippen LogP contribution in [-0.2, 0) is 14.3 Å². The standard InChI is InChI=1S/C30H32BrN3O6S/c1-5-39-24-16-21(22(31)17-23(24)37-4)27-26(29(36)40-6-2)18(3)32-30-34(27)28(35)25(41-30)15-19-7-9-20(10-8-19)33-11-13-38-14-12-33/h7-10,15-17,27H,5-6,11-14H2,1-4H3/b25-15+/t27-/m0/s1. The first kappa shape index (κ1) is 29.1. The van der Waals surface area contributed by atoms with Gasteiger partial charge in [0.05, 0.1) is 55.4 Å². The van der Waals surface area contributed by atoms with Crippen molar-refractivity contribution in [1.82, 2.24) is 4.57 Å². The third-order valence-corrected chi connectivity index (χ3v) is 8.63. The normalized spacial score (nSPS) is 17.2. The van der Waals surface area contributed by atoms with Crippen molar-refractivity contribution in [1.29, 1.82) is 0 Å². The van der Waals surface area contributed by atoms with Gasteiger partial charge in [0.25, 0.3) is 5.56 Å². The SMILES string of the molecule is CCOC(=O)C1=C(C)N=c2s/c(=C/c3ccc(N4CCOCC4)cc3)c(=O)n2[C@H]1c1cc(OCC)c(OC)cc1Br. The number of aromatic nitrogens is 1. The van der Waals surface area contributed by atoms with Crippen LogP contribution in [0.3, 0.4) is 0 Å². The summed E-state index contributed by atoms with van der Waals surface area (Å²) in [7, 11) is 1.56. The van der Waals surface area contributed by atoms with Gasteiger partial charge in [-0.15, -0.1) is 0 Å². The number of morpholine rings is 1. The molecule has 9 nitrogen and oxygen atoms in total. The first-order chi connectivity index (χ1) is 19.9. The highest BCUT2D eigenvalue weighted by molar-refractivity contribution is 9.10. The van der Waals surface area contributed by atoms with Crippen LogP contribution in [0.5, 0.6) is 11.5 Å². The topological polar surface area (TPSA) is 91.6 Å². The summed E-state index contributed by atoms with van der Waals surface area (Å²) in [6, 6.07) is 10.9. The van der Waals surface area contributed by atoms with E-state index in [1.54, 1.807) is 37.7 Å². The summed E-state index contributed by atoms with van der Waals surface area (Å²) in [6.07, 6.45) is 1.86. The van der Waals surface area contributed by atoms with Crippen molar-refractivity contribution in [2.45, 2.75) is 26.8 Å². The van der Waals surface area contributed by atoms with Crippen LogP contribution in [0.1, 0.15) is 37.9 Å². The van der Waals surface area contributed by atoms with Gasteiger partial charge in [-0.3, -0.25) is 9.36 Å². The highest BCUT2D eigenvalue weighted by Crippen LogP contribution is 2.41. The molecule has 11 heteroatoms. The van der Waals surface area contributed by atoms with Crippen LogP contribution >= 0.6 is 27.3 Å². The van der Waals surface area contributed by atoms with Crippen molar-refractivity contribution in [2.75, 3.05) is 51.5 Å². The number of benzene rings is 2. The molecule has 0 spiro atoms. The van der Waals surface area contributed by atoms with Gasteiger partial charge in [0.1, 0.15) is 0 Å². The molecule has 1 aromatic heterocycles. The first-order valence-electron chi connectivity index (χ1n) is 13.5. The van der Waals surface area contributed by atoms with Crippen LogP contribution < -0.4 is 29.3 Å². The van der Waals surface area contributed by atoms with Gasteiger partial charge in [0.2, 0.25) is 0 Å². The van der Waals surface area contributed by atoms with E-state index in [9.17, 15) is 9.59 Å². The second-order valence-electron chi connectivity index (χ2n) is 9.45. The fourth-order valence-electron chi connectivity index (χ4n) is 5.03. The summed E-state index contributed by atoms with van der Waals surface area (Å²) in [4.78, 5) is 34.7. The number of carbonyl (C=O) groups is 1. The lowest BCUT2D eigenvalue weighted by Crippen LogP contribution is -2.40. The zero-order chi connectivity index (χ0) is 29.1. The minimum absolute atomic E-state index is 0.196. The molecule has 3 heterocycles. The number of esters is 1. The second-order valence-corrected chi connectivity index (χ2v) is 11.3. The molecule has 1 saturated heterocycles. The van der Waals surface area contributed by atoms with Gasteiger partial charge in [0.15, 0.2) is 16.3 Å². The Labute approximate surface area is 250 Å². The van der Waals surface area contributed by atoms with Crippen LogP contribution in [0.15, 0.2) is 61.9 Å². The molecule has 1 atom stereocenters. The zero-order valence-electron chi connectivity index (χ0n) is 23.4. The lowest BCUT2D eigenvalue weighted by Gasteiger charge is -2.28. The molecule has 1 fully saturated rings. The predicted octanol–water partition coefficient (Wildman–Crippen LogP) is 3.80. The summed E-state index contributed by atoms with van der Waals surface area (Å²) in [5.74, 6) is 0.523. The number of fused-ring (bicyclic) bond motifs is 1. The van der Waals surface area contributed by atoms with Crippen molar-refractivity contribution in [3.05, 3.63) is 83.0 Å². The molecule has 2 aliphatic heterocycles. The number of ether oxygens (including phenoxy) is 4. The van der Waals surface area contributed by atoms with E-state index in [0.29, 0.717) is 62.0 Å². The van der Waals surface area contributed by atoms with E-state index in [1.807, 2.05) is 25.1 Å². The lowest BCUT2D eigenvalue weighted by molar-refractivity contribution is -0.139. The van der Waals surface area contributed by atoms with E-state index >= 15 is 0 Å². The largest absolute Gasteiger partial charge is 0.493 e.